The van der Waals surface area contributed by atoms with E-state index < -0.39 is 0 Å². The fourth-order valence-electron chi connectivity index (χ4n) is 4.14. The van der Waals surface area contributed by atoms with Crippen LogP contribution < -0.4 is 0 Å². The maximum atomic E-state index is 10.9. The predicted molar refractivity (Wildman–Crippen MR) is 95.2 cm³/mol. The van der Waals surface area contributed by atoms with Crippen molar-refractivity contribution in [1.82, 2.24) is 4.90 Å². The Kier molecular flexibility index (Phi) is 5.14. The molecule has 2 aromatic rings. The first kappa shape index (κ1) is 16.2. The Morgan fingerprint density at radius 1 is 0.957 bits per heavy atom. The van der Waals surface area contributed by atoms with Gasteiger partial charge in [0.05, 0.1) is 6.10 Å². The molecule has 4 atom stereocenters. The summed E-state index contributed by atoms with van der Waals surface area (Å²) in [5, 5.41) is 10.9. The zero-order valence-corrected chi connectivity index (χ0v) is 14.1. The molecule has 0 unspecified atom stereocenters. The van der Waals surface area contributed by atoms with Crippen LogP contribution in [0, 0.1) is 5.92 Å². The van der Waals surface area contributed by atoms with E-state index in [2.05, 4.69) is 79.5 Å². The van der Waals surface area contributed by atoms with Gasteiger partial charge in [0, 0.05) is 18.0 Å². The Hall–Kier alpha value is -1.64. The molecule has 1 saturated heterocycles. The first-order chi connectivity index (χ1) is 11.2. The van der Waals surface area contributed by atoms with E-state index in [0.717, 1.165) is 19.3 Å². The Labute approximate surface area is 139 Å². The van der Waals surface area contributed by atoms with E-state index in [9.17, 15) is 5.11 Å². The van der Waals surface area contributed by atoms with Gasteiger partial charge in [-0.3, -0.25) is 4.90 Å². The van der Waals surface area contributed by atoms with Crippen LogP contribution in [0.1, 0.15) is 49.4 Å². The average molecular weight is 309 g/mol. The molecule has 0 amide bonds. The molecule has 0 saturated carbocycles. The molecular weight excluding hydrogens is 282 g/mol. The Morgan fingerprint density at radius 2 is 1.52 bits per heavy atom. The number of aliphatic hydroxyl groups is 1. The molecule has 0 radical (unpaired) electrons. The molecule has 2 heteroatoms. The van der Waals surface area contributed by atoms with Crippen LogP contribution >= 0.6 is 0 Å². The minimum absolute atomic E-state index is 0.249. The predicted octanol–water partition coefficient (Wildman–Crippen LogP) is 4.58. The summed E-state index contributed by atoms with van der Waals surface area (Å²) in [4.78, 5) is 2.47. The second kappa shape index (κ2) is 7.29. The number of hydrogen-bond donors (Lipinski definition) is 1. The first-order valence-electron chi connectivity index (χ1n) is 8.72. The molecule has 2 aromatic carbocycles. The lowest BCUT2D eigenvalue weighted by molar-refractivity contribution is -0.0439. The minimum Gasteiger partial charge on any atom is -0.393 e. The van der Waals surface area contributed by atoms with Gasteiger partial charge >= 0.3 is 0 Å². The Morgan fingerprint density at radius 3 is 2.09 bits per heavy atom. The highest BCUT2D eigenvalue weighted by Crippen LogP contribution is 2.45. The molecule has 122 valence electrons. The van der Waals surface area contributed by atoms with Crippen LogP contribution in [0.5, 0.6) is 0 Å². The van der Waals surface area contributed by atoms with Gasteiger partial charge < -0.3 is 5.11 Å². The van der Waals surface area contributed by atoms with E-state index >= 15 is 0 Å². The molecule has 3 rings (SSSR count). The molecule has 0 bridgehead atoms. The quantitative estimate of drug-likeness (QED) is 0.893. The highest BCUT2D eigenvalue weighted by atomic mass is 16.3. The summed E-state index contributed by atoms with van der Waals surface area (Å²) < 4.78 is 0. The zero-order chi connectivity index (χ0) is 16.2. The molecule has 23 heavy (non-hydrogen) atoms. The van der Waals surface area contributed by atoms with Gasteiger partial charge in [-0.1, -0.05) is 74.0 Å². The van der Waals surface area contributed by atoms with Crippen LogP contribution in [-0.4, -0.2) is 23.2 Å². The van der Waals surface area contributed by atoms with E-state index in [1.165, 1.54) is 11.1 Å². The smallest absolute Gasteiger partial charge is 0.0604 e. The summed E-state index contributed by atoms with van der Waals surface area (Å²) in [5.41, 5.74) is 2.61. The van der Waals surface area contributed by atoms with Gasteiger partial charge in [0.2, 0.25) is 0 Å². The average Bonchev–Trinajstić information content (AvgIpc) is 2.60. The van der Waals surface area contributed by atoms with Gasteiger partial charge in [-0.2, -0.15) is 0 Å². The Balaban J connectivity index is 1.97. The van der Waals surface area contributed by atoms with Crippen molar-refractivity contribution in [1.29, 1.82) is 0 Å². The van der Waals surface area contributed by atoms with E-state index in [4.69, 9.17) is 0 Å². The zero-order valence-electron chi connectivity index (χ0n) is 14.1. The van der Waals surface area contributed by atoms with Crippen molar-refractivity contribution in [2.45, 2.75) is 44.4 Å². The molecule has 1 aliphatic heterocycles. The van der Waals surface area contributed by atoms with E-state index in [0.29, 0.717) is 5.92 Å². The summed E-state index contributed by atoms with van der Waals surface area (Å²) >= 11 is 0. The van der Waals surface area contributed by atoms with Crippen LogP contribution in [0.2, 0.25) is 0 Å². The van der Waals surface area contributed by atoms with Crippen molar-refractivity contribution in [3.63, 3.8) is 0 Å². The minimum atomic E-state index is -0.249. The van der Waals surface area contributed by atoms with Crippen molar-refractivity contribution in [2.24, 2.45) is 5.92 Å². The molecule has 1 fully saturated rings. The Bertz CT molecular complexity index is 598. The molecule has 0 aromatic heterocycles. The third kappa shape index (κ3) is 3.34. The van der Waals surface area contributed by atoms with Crippen molar-refractivity contribution in [3.05, 3.63) is 71.8 Å². The highest BCUT2D eigenvalue weighted by Gasteiger charge is 2.41. The summed E-state index contributed by atoms with van der Waals surface area (Å²) in [6.45, 7) is 2.21. The van der Waals surface area contributed by atoms with Crippen LogP contribution in [0.3, 0.4) is 0 Å². The number of hydrogen-bond acceptors (Lipinski definition) is 2. The van der Waals surface area contributed by atoms with Crippen molar-refractivity contribution < 1.29 is 5.11 Å². The normalized spacial score (nSPS) is 28.7. The van der Waals surface area contributed by atoms with Crippen molar-refractivity contribution >= 4 is 0 Å². The topological polar surface area (TPSA) is 23.5 Å². The lowest BCUT2D eigenvalue weighted by atomic mass is 9.76. The van der Waals surface area contributed by atoms with Crippen LogP contribution in [0.4, 0.5) is 0 Å². The second-order valence-corrected chi connectivity index (χ2v) is 6.70. The van der Waals surface area contributed by atoms with Crippen LogP contribution in [-0.2, 0) is 0 Å². The largest absolute Gasteiger partial charge is 0.393 e. The lowest BCUT2D eigenvalue weighted by Gasteiger charge is -2.47. The van der Waals surface area contributed by atoms with Gasteiger partial charge in [0.25, 0.3) is 0 Å². The third-order valence-electron chi connectivity index (χ3n) is 5.24. The maximum Gasteiger partial charge on any atom is 0.0604 e. The summed E-state index contributed by atoms with van der Waals surface area (Å²) in [6, 6.07) is 21.8. The molecule has 1 N–H and O–H groups in total. The molecule has 0 aliphatic carbocycles. The summed E-state index contributed by atoms with van der Waals surface area (Å²) in [7, 11) is 2.21. The summed E-state index contributed by atoms with van der Waals surface area (Å²) in [5.74, 6) is 0.298. The number of likely N-dealkylation sites (tertiary alicyclic amines) is 1. The van der Waals surface area contributed by atoms with Crippen molar-refractivity contribution in [3.8, 4) is 0 Å². The standard InChI is InChI=1S/C21H27NO/c1-3-10-18-20(23)15-19(16-11-6-4-7-12-16)22(2)21(18)17-13-8-5-9-14-17/h4-9,11-14,18-21,23H,3,10,15H2,1-2H3/t18-,19-,20-,21+/m1/s1. The molecule has 0 spiro atoms. The molecule has 1 aliphatic rings. The van der Waals surface area contributed by atoms with E-state index in [1.54, 1.807) is 0 Å². The summed E-state index contributed by atoms with van der Waals surface area (Å²) in [6.07, 6.45) is 2.73. The van der Waals surface area contributed by atoms with E-state index in [-0.39, 0.29) is 18.2 Å². The number of benzene rings is 2. The van der Waals surface area contributed by atoms with Gasteiger partial charge in [-0.15, -0.1) is 0 Å². The fourth-order valence-corrected chi connectivity index (χ4v) is 4.14. The molecular formula is C21H27NO. The third-order valence-corrected chi connectivity index (χ3v) is 5.24. The number of aliphatic hydroxyl groups excluding tert-OH is 1. The maximum absolute atomic E-state index is 10.9. The second-order valence-electron chi connectivity index (χ2n) is 6.70. The van der Waals surface area contributed by atoms with Gasteiger partial charge in [-0.05, 0) is 31.0 Å². The first-order valence-corrected chi connectivity index (χ1v) is 8.72. The van der Waals surface area contributed by atoms with Crippen LogP contribution in [0.25, 0.3) is 0 Å². The van der Waals surface area contributed by atoms with Gasteiger partial charge in [0.1, 0.15) is 0 Å². The fraction of sp³-hybridized carbons (Fsp3) is 0.429. The number of piperidine rings is 1. The number of rotatable bonds is 4. The van der Waals surface area contributed by atoms with Gasteiger partial charge in [-0.25, -0.2) is 0 Å². The van der Waals surface area contributed by atoms with Crippen molar-refractivity contribution in [2.75, 3.05) is 7.05 Å². The molecule has 2 nitrogen and oxygen atoms in total. The van der Waals surface area contributed by atoms with Gasteiger partial charge in [0.15, 0.2) is 0 Å². The monoisotopic (exact) mass is 309 g/mol. The molecule has 1 heterocycles. The highest BCUT2D eigenvalue weighted by molar-refractivity contribution is 5.25. The SMILES string of the molecule is CCC[C@@H]1[C@H](O)C[C@H](c2ccccc2)N(C)[C@H]1c1ccccc1. The van der Waals surface area contributed by atoms with E-state index in [1.807, 2.05) is 0 Å². The number of nitrogens with zero attached hydrogens (tertiary/aromatic N) is 1. The van der Waals surface area contributed by atoms with Crippen LogP contribution in [0.15, 0.2) is 60.7 Å². The lowest BCUT2D eigenvalue weighted by Crippen LogP contribution is -2.45.